The summed E-state index contributed by atoms with van der Waals surface area (Å²) in [4.78, 5) is 12.8. The van der Waals surface area contributed by atoms with Gasteiger partial charge in [0.25, 0.3) is 0 Å². The van der Waals surface area contributed by atoms with Crippen LogP contribution in [0.1, 0.15) is 202 Å². The normalized spacial score (nSPS) is 27.3. The molecule has 4 aliphatic rings. The molecule has 4 aromatic rings. The van der Waals surface area contributed by atoms with Gasteiger partial charge >= 0.3 is 5.97 Å². The van der Waals surface area contributed by atoms with Gasteiger partial charge in [0.05, 0.1) is 0 Å². The van der Waals surface area contributed by atoms with Gasteiger partial charge in [-0.05, 0) is 156 Å². The molecule has 4 aliphatic carbocycles. The van der Waals surface area contributed by atoms with E-state index in [0.717, 1.165) is 61.2 Å². The molecule has 0 bridgehead atoms. The van der Waals surface area contributed by atoms with Crippen molar-refractivity contribution in [2.45, 2.75) is 208 Å². The zero-order chi connectivity index (χ0) is 44.2. The highest BCUT2D eigenvalue weighted by Gasteiger charge is 2.59. The van der Waals surface area contributed by atoms with Crippen molar-refractivity contribution >= 4 is 38.3 Å². The van der Waals surface area contributed by atoms with E-state index in [1.807, 2.05) is 0 Å². The molecule has 0 radical (unpaired) electrons. The van der Waals surface area contributed by atoms with E-state index in [2.05, 4.69) is 120 Å². The number of fused-ring (bicyclic) bond motifs is 5. The first-order valence-electron chi connectivity index (χ1n) is 26.8. The third-order valence-corrected chi connectivity index (χ3v) is 17.6. The molecule has 8 atom stereocenters. The molecule has 0 spiro atoms. The number of unbranched alkanes of at least 4 members (excludes halogenated alkanes) is 11. The fourth-order valence-electron chi connectivity index (χ4n) is 14.0. The zero-order valence-corrected chi connectivity index (χ0v) is 41.0. The minimum Gasteiger partial charge on any atom is -0.462 e. The lowest BCUT2D eigenvalue weighted by molar-refractivity contribution is -0.151. The SMILES string of the molecule is CCCCCCCC/C=C\CCCCCCCC(=O)O[C@H]1CC[C@@]2(C)C(=CC[C@H]3[C@@H]4CC[C@H](C(C)CCCC(C)C)[C@@]4(C)CC[C@@H]32)C1.c1cc2ccc3cccc4ccc(c1)c2c34. The lowest BCUT2D eigenvalue weighted by Crippen LogP contribution is -2.51. The van der Waals surface area contributed by atoms with Crippen molar-refractivity contribution in [3.63, 3.8) is 0 Å². The zero-order valence-electron chi connectivity index (χ0n) is 41.0. The summed E-state index contributed by atoms with van der Waals surface area (Å²) in [5, 5.41) is 8.14. The molecule has 8 rings (SSSR count). The predicted octanol–water partition coefficient (Wildman–Crippen LogP) is 18.6. The Morgan fingerprint density at radius 1 is 0.667 bits per heavy atom. The lowest BCUT2D eigenvalue weighted by Gasteiger charge is -2.58. The summed E-state index contributed by atoms with van der Waals surface area (Å²) in [6, 6.07) is 21.9. The predicted molar refractivity (Wildman–Crippen MR) is 273 cm³/mol. The van der Waals surface area contributed by atoms with E-state index in [-0.39, 0.29) is 12.1 Å². The highest BCUT2D eigenvalue weighted by molar-refractivity contribution is 6.22. The van der Waals surface area contributed by atoms with Crippen LogP contribution >= 0.6 is 0 Å². The van der Waals surface area contributed by atoms with Gasteiger partial charge in [0.2, 0.25) is 0 Å². The minimum atomic E-state index is 0.0541. The molecule has 0 N–H and O–H groups in total. The summed E-state index contributed by atoms with van der Waals surface area (Å²) >= 11 is 0. The Morgan fingerprint density at radius 2 is 1.25 bits per heavy atom. The van der Waals surface area contributed by atoms with Crippen LogP contribution in [0.2, 0.25) is 0 Å². The third-order valence-electron chi connectivity index (χ3n) is 17.6. The maximum absolute atomic E-state index is 12.8. The van der Waals surface area contributed by atoms with Crippen molar-refractivity contribution in [2.24, 2.45) is 46.3 Å². The van der Waals surface area contributed by atoms with Crippen LogP contribution in [0.25, 0.3) is 32.3 Å². The molecule has 0 aromatic heterocycles. The standard InChI is InChI=1S/C45H78O2.C16H10/c1-7-8-9-10-11-12-13-14-15-16-17-18-19-20-21-25-43(46)47-38-30-32-44(5)37(34-38)26-27-39-41-29-28-40(36(4)24-22-23-35(2)3)45(41,6)33-31-42(39)44;1-3-11-7-9-13-5-2-6-14-10-8-12(4-1)15(11)16(13)14/h14-15,26,35-36,38-42H,7-13,16-25,27-34H2,1-6H3;1-10H/b15-14-;/t36?,38-,39-,40+,41-,42-,44-,45+;/m0./s1. The van der Waals surface area contributed by atoms with Crippen molar-refractivity contribution in [1.82, 2.24) is 0 Å². The van der Waals surface area contributed by atoms with Gasteiger partial charge in [0, 0.05) is 12.8 Å². The summed E-state index contributed by atoms with van der Waals surface area (Å²) in [7, 11) is 0. The molecule has 344 valence electrons. The molecule has 3 saturated carbocycles. The van der Waals surface area contributed by atoms with Crippen LogP contribution in [0.5, 0.6) is 0 Å². The Kier molecular flexibility index (Phi) is 17.4. The van der Waals surface area contributed by atoms with Crippen LogP contribution in [0.3, 0.4) is 0 Å². The quantitative estimate of drug-likeness (QED) is 0.0361. The maximum Gasteiger partial charge on any atom is 0.306 e. The Hall–Kier alpha value is -3.13. The van der Waals surface area contributed by atoms with Crippen LogP contribution in [-0.4, -0.2) is 12.1 Å². The summed E-state index contributed by atoms with van der Waals surface area (Å²) < 4.78 is 6.12. The van der Waals surface area contributed by atoms with Gasteiger partial charge in [0.1, 0.15) is 6.10 Å². The molecule has 3 fully saturated rings. The lowest BCUT2D eigenvalue weighted by atomic mass is 9.47. The molecule has 1 unspecified atom stereocenters. The Bertz CT molecular complexity index is 1940. The van der Waals surface area contributed by atoms with Crippen molar-refractivity contribution in [3.8, 4) is 0 Å². The number of hydrogen-bond acceptors (Lipinski definition) is 2. The minimum absolute atomic E-state index is 0.0541. The van der Waals surface area contributed by atoms with Gasteiger partial charge < -0.3 is 4.74 Å². The molecule has 63 heavy (non-hydrogen) atoms. The molecular weight excluding hydrogens is 765 g/mol. The summed E-state index contributed by atoms with van der Waals surface area (Å²) in [5.41, 5.74) is 2.53. The molecule has 2 heteroatoms. The number of rotatable bonds is 21. The molecule has 0 amide bonds. The molecule has 0 aliphatic heterocycles. The summed E-state index contributed by atoms with van der Waals surface area (Å²) in [6.45, 7) is 14.9. The molecular formula is C61H88O2. The van der Waals surface area contributed by atoms with Crippen LogP contribution in [0.15, 0.2) is 84.5 Å². The van der Waals surface area contributed by atoms with E-state index in [1.54, 1.807) is 5.57 Å². The van der Waals surface area contributed by atoms with E-state index in [0.29, 0.717) is 17.3 Å². The Labute approximate surface area is 385 Å². The van der Waals surface area contributed by atoms with Gasteiger partial charge in [-0.3, -0.25) is 4.79 Å². The first kappa shape index (κ1) is 47.8. The van der Waals surface area contributed by atoms with Gasteiger partial charge in [-0.2, -0.15) is 0 Å². The number of benzene rings is 4. The van der Waals surface area contributed by atoms with Crippen molar-refractivity contribution < 1.29 is 9.53 Å². The average Bonchev–Trinajstić information content (AvgIpc) is 3.64. The van der Waals surface area contributed by atoms with Crippen molar-refractivity contribution in [1.29, 1.82) is 0 Å². The summed E-state index contributed by atoms with van der Waals surface area (Å²) in [6.07, 6.45) is 39.5. The molecule has 0 heterocycles. The smallest absolute Gasteiger partial charge is 0.306 e. The largest absolute Gasteiger partial charge is 0.462 e. The topological polar surface area (TPSA) is 26.3 Å². The first-order valence-corrected chi connectivity index (χ1v) is 26.8. The van der Waals surface area contributed by atoms with E-state index in [9.17, 15) is 4.79 Å². The number of carbonyl (C=O) groups excluding carboxylic acids is 1. The second kappa shape index (κ2) is 22.9. The highest BCUT2D eigenvalue weighted by atomic mass is 16.5. The van der Waals surface area contributed by atoms with E-state index < -0.39 is 0 Å². The van der Waals surface area contributed by atoms with Gasteiger partial charge in [-0.25, -0.2) is 0 Å². The fraction of sp³-hybridized carbons (Fsp3) is 0.656. The Morgan fingerprint density at radius 3 is 1.86 bits per heavy atom. The second-order valence-corrected chi connectivity index (χ2v) is 22.3. The van der Waals surface area contributed by atoms with Gasteiger partial charge in [-0.1, -0.05) is 197 Å². The fourth-order valence-corrected chi connectivity index (χ4v) is 14.0. The average molecular weight is 853 g/mol. The second-order valence-electron chi connectivity index (χ2n) is 22.3. The van der Waals surface area contributed by atoms with Crippen molar-refractivity contribution in [2.75, 3.05) is 0 Å². The molecule has 0 saturated heterocycles. The number of carbonyl (C=O) groups is 1. The van der Waals surface area contributed by atoms with Gasteiger partial charge in [-0.15, -0.1) is 0 Å². The third kappa shape index (κ3) is 11.6. The maximum atomic E-state index is 12.8. The Balaban J connectivity index is 0.000000304. The van der Waals surface area contributed by atoms with E-state index in [1.165, 1.54) is 161 Å². The number of hydrogen-bond donors (Lipinski definition) is 0. The first-order chi connectivity index (χ1) is 30.6. The van der Waals surface area contributed by atoms with Gasteiger partial charge in [0.15, 0.2) is 0 Å². The summed E-state index contributed by atoms with van der Waals surface area (Å²) in [5.74, 6) is 5.31. The number of ether oxygens (including phenoxy) is 1. The van der Waals surface area contributed by atoms with E-state index >= 15 is 0 Å². The van der Waals surface area contributed by atoms with Crippen LogP contribution in [0.4, 0.5) is 0 Å². The highest BCUT2D eigenvalue weighted by Crippen LogP contribution is 2.67. The molecule has 4 aromatic carbocycles. The van der Waals surface area contributed by atoms with Crippen LogP contribution < -0.4 is 0 Å². The molecule has 2 nitrogen and oxygen atoms in total. The number of esters is 1. The van der Waals surface area contributed by atoms with E-state index in [4.69, 9.17) is 4.74 Å². The van der Waals surface area contributed by atoms with Crippen LogP contribution in [-0.2, 0) is 9.53 Å². The number of allylic oxidation sites excluding steroid dienone is 3. The van der Waals surface area contributed by atoms with Crippen LogP contribution in [0, 0.1) is 46.3 Å². The van der Waals surface area contributed by atoms with Crippen molar-refractivity contribution in [3.05, 3.63) is 84.5 Å². The monoisotopic (exact) mass is 853 g/mol.